The topological polar surface area (TPSA) is 21.3 Å². The van der Waals surface area contributed by atoms with Crippen molar-refractivity contribution < 1.29 is 4.74 Å². The number of rotatable bonds is 9. The van der Waals surface area contributed by atoms with Crippen molar-refractivity contribution in [1.82, 2.24) is 5.32 Å². The molecule has 0 aliphatic carbocycles. The highest BCUT2D eigenvalue weighted by molar-refractivity contribution is 4.70. The first-order chi connectivity index (χ1) is 6.62. The second-order valence-corrected chi connectivity index (χ2v) is 4.43. The Morgan fingerprint density at radius 2 is 2.14 bits per heavy atom. The molecule has 0 unspecified atom stereocenters. The van der Waals surface area contributed by atoms with E-state index in [0.717, 1.165) is 39.1 Å². The van der Waals surface area contributed by atoms with Crippen molar-refractivity contribution in [2.75, 3.05) is 26.3 Å². The Kier molecular flexibility index (Phi) is 7.81. The molecule has 0 radical (unpaired) electrons. The third-order valence-electron chi connectivity index (χ3n) is 2.04. The lowest BCUT2D eigenvalue weighted by molar-refractivity contribution is 0.0613. The van der Waals surface area contributed by atoms with Crippen LogP contribution in [0.3, 0.4) is 0 Å². The predicted octanol–water partition coefficient (Wildman–Crippen LogP) is 2.60. The maximum Gasteiger partial charge on any atom is 0.0529 e. The van der Waals surface area contributed by atoms with Gasteiger partial charge < -0.3 is 10.1 Å². The number of allylic oxidation sites excluding steroid dienone is 1. The molecule has 0 bridgehead atoms. The van der Waals surface area contributed by atoms with Gasteiger partial charge in [0.05, 0.1) is 6.61 Å². The zero-order valence-corrected chi connectivity index (χ0v) is 9.94. The highest BCUT2D eigenvalue weighted by Crippen LogP contribution is 2.13. The van der Waals surface area contributed by atoms with Crippen molar-refractivity contribution in [2.24, 2.45) is 5.41 Å². The average molecular weight is 199 g/mol. The number of hydrogen-bond acceptors (Lipinski definition) is 2. The maximum absolute atomic E-state index is 5.61. The molecule has 0 rings (SSSR count). The van der Waals surface area contributed by atoms with E-state index >= 15 is 0 Å². The van der Waals surface area contributed by atoms with Crippen LogP contribution in [0.4, 0.5) is 0 Å². The lowest BCUT2D eigenvalue weighted by Crippen LogP contribution is -2.33. The molecule has 0 aliphatic rings. The van der Waals surface area contributed by atoms with Gasteiger partial charge in [0.1, 0.15) is 0 Å². The van der Waals surface area contributed by atoms with Gasteiger partial charge in [-0.2, -0.15) is 0 Å². The summed E-state index contributed by atoms with van der Waals surface area (Å²) in [6.45, 7) is 14.0. The van der Waals surface area contributed by atoms with Crippen LogP contribution in [-0.4, -0.2) is 26.3 Å². The summed E-state index contributed by atoms with van der Waals surface area (Å²) in [6, 6.07) is 0. The fourth-order valence-electron chi connectivity index (χ4n) is 1.19. The Bertz CT molecular complexity index is 143. The third-order valence-corrected chi connectivity index (χ3v) is 2.04. The van der Waals surface area contributed by atoms with Gasteiger partial charge in [0.15, 0.2) is 0 Å². The normalized spacial score (nSPS) is 11.6. The first kappa shape index (κ1) is 13.7. The lowest BCUT2D eigenvalue weighted by atomic mass is 9.95. The van der Waals surface area contributed by atoms with Crippen LogP contribution in [0.5, 0.6) is 0 Å². The number of hydrogen-bond donors (Lipinski definition) is 1. The zero-order chi connectivity index (χ0) is 10.9. The maximum atomic E-state index is 5.61. The molecule has 0 aliphatic heterocycles. The summed E-state index contributed by atoms with van der Waals surface area (Å²) in [6.07, 6.45) is 4.07. The van der Waals surface area contributed by atoms with E-state index in [9.17, 15) is 0 Å². The average Bonchev–Trinajstić information content (AvgIpc) is 2.15. The molecule has 0 heterocycles. The SMILES string of the molecule is C=CCCCOCC(C)(C)CNCC. The molecule has 0 aromatic carbocycles. The second kappa shape index (κ2) is 8.01. The van der Waals surface area contributed by atoms with Gasteiger partial charge in [-0.15, -0.1) is 6.58 Å². The first-order valence-electron chi connectivity index (χ1n) is 5.52. The summed E-state index contributed by atoms with van der Waals surface area (Å²) in [5, 5.41) is 3.34. The van der Waals surface area contributed by atoms with E-state index in [-0.39, 0.29) is 5.41 Å². The molecule has 0 aromatic heterocycles. The number of ether oxygens (including phenoxy) is 1. The van der Waals surface area contributed by atoms with Gasteiger partial charge in [-0.1, -0.05) is 26.8 Å². The van der Waals surface area contributed by atoms with Crippen LogP contribution in [-0.2, 0) is 4.74 Å². The standard InChI is InChI=1S/C12H25NO/c1-5-7-8-9-14-11-12(3,4)10-13-6-2/h5,13H,1,6-11H2,2-4H3. The van der Waals surface area contributed by atoms with Gasteiger partial charge >= 0.3 is 0 Å². The Labute approximate surface area is 88.7 Å². The van der Waals surface area contributed by atoms with Gasteiger partial charge in [-0.3, -0.25) is 0 Å². The van der Waals surface area contributed by atoms with Crippen molar-refractivity contribution in [3.8, 4) is 0 Å². The van der Waals surface area contributed by atoms with Gasteiger partial charge in [-0.05, 0) is 19.4 Å². The van der Waals surface area contributed by atoms with E-state index in [1.807, 2.05) is 6.08 Å². The van der Waals surface area contributed by atoms with Crippen LogP contribution in [0.1, 0.15) is 33.6 Å². The molecule has 1 N–H and O–H groups in total. The molecule has 0 saturated heterocycles. The van der Waals surface area contributed by atoms with Crippen LogP contribution >= 0.6 is 0 Å². The molecule has 0 amide bonds. The van der Waals surface area contributed by atoms with Crippen molar-refractivity contribution in [3.63, 3.8) is 0 Å². The van der Waals surface area contributed by atoms with Crippen LogP contribution in [0, 0.1) is 5.41 Å². The Balaban J connectivity index is 3.39. The Morgan fingerprint density at radius 1 is 1.43 bits per heavy atom. The molecule has 84 valence electrons. The summed E-state index contributed by atoms with van der Waals surface area (Å²) >= 11 is 0. The Hall–Kier alpha value is -0.340. The first-order valence-corrected chi connectivity index (χ1v) is 5.52. The highest BCUT2D eigenvalue weighted by Gasteiger charge is 2.16. The molecule has 0 spiro atoms. The molecule has 0 fully saturated rings. The fourth-order valence-corrected chi connectivity index (χ4v) is 1.19. The summed E-state index contributed by atoms with van der Waals surface area (Å²) in [5.74, 6) is 0. The molecular formula is C12H25NO. The van der Waals surface area contributed by atoms with Crippen molar-refractivity contribution >= 4 is 0 Å². The summed E-state index contributed by atoms with van der Waals surface area (Å²) in [4.78, 5) is 0. The van der Waals surface area contributed by atoms with Gasteiger partial charge in [-0.25, -0.2) is 0 Å². The quantitative estimate of drug-likeness (QED) is 0.455. The van der Waals surface area contributed by atoms with Crippen molar-refractivity contribution in [3.05, 3.63) is 12.7 Å². The molecular weight excluding hydrogens is 174 g/mol. The van der Waals surface area contributed by atoms with E-state index in [4.69, 9.17) is 4.74 Å². The van der Waals surface area contributed by atoms with E-state index in [2.05, 4.69) is 32.7 Å². The van der Waals surface area contributed by atoms with E-state index in [1.165, 1.54) is 0 Å². The van der Waals surface area contributed by atoms with Gasteiger partial charge in [0, 0.05) is 18.6 Å². The molecule has 0 saturated carbocycles. The van der Waals surface area contributed by atoms with E-state index in [0.29, 0.717) is 0 Å². The summed E-state index contributed by atoms with van der Waals surface area (Å²) in [7, 11) is 0. The zero-order valence-electron chi connectivity index (χ0n) is 9.94. The van der Waals surface area contributed by atoms with Crippen molar-refractivity contribution in [1.29, 1.82) is 0 Å². The van der Waals surface area contributed by atoms with E-state index in [1.54, 1.807) is 0 Å². The van der Waals surface area contributed by atoms with Gasteiger partial charge in [0.2, 0.25) is 0 Å². The minimum atomic E-state index is 0.240. The minimum Gasteiger partial charge on any atom is -0.381 e. The smallest absolute Gasteiger partial charge is 0.0529 e. The van der Waals surface area contributed by atoms with Crippen LogP contribution < -0.4 is 5.32 Å². The van der Waals surface area contributed by atoms with Crippen LogP contribution in [0.25, 0.3) is 0 Å². The largest absolute Gasteiger partial charge is 0.381 e. The molecule has 2 nitrogen and oxygen atoms in total. The molecule has 2 heteroatoms. The number of unbranched alkanes of at least 4 members (excludes halogenated alkanes) is 1. The Morgan fingerprint density at radius 3 is 2.71 bits per heavy atom. The summed E-state index contributed by atoms with van der Waals surface area (Å²) in [5.41, 5.74) is 0.240. The van der Waals surface area contributed by atoms with Crippen molar-refractivity contribution in [2.45, 2.75) is 33.6 Å². The fraction of sp³-hybridized carbons (Fsp3) is 0.833. The van der Waals surface area contributed by atoms with E-state index < -0.39 is 0 Å². The lowest BCUT2D eigenvalue weighted by Gasteiger charge is -2.24. The van der Waals surface area contributed by atoms with Crippen LogP contribution in [0.15, 0.2) is 12.7 Å². The molecule has 0 atom stereocenters. The second-order valence-electron chi connectivity index (χ2n) is 4.43. The van der Waals surface area contributed by atoms with Gasteiger partial charge in [0.25, 0.3) is 0 Å². The minimum absolute atomic E-state index is 0.240. The summed E-state index contributed by atoms with van der Waals surface area (Å²) < 4.78 is 5.61. The monoisotopic (exact) mass is 199 g/mol. The van der Waals surface area contributed by atoms with Crippen LogP contribution in [0.2, 0.25) is 0 Å². The highest BCUT2D eigenvalue weighted by atomic mass is 16.5. The third kappa shape index (κ3) is 8.27. The molecule has 0 aromatic rings. The predicted molar refractivity (Wildman–Crippen MR) is 62.6 cm³/mol. The number of nitrogens with one attached hydrogen (secondary N) is 1. The molecule has 14 heavy (non-hydrogen) atoms.